The minimum Gasteiger partial charge on any atom is -0.325 e. The van der Waals surface area contributed by atoms with Crippen LogP contribution in [0.4, 0.5) is 5.69 Å². The lowest BCUT2D eigenvalue weighted by molar-refractivity contribution is -0.131. The summed E-state index contributed by atoms with van der Waals surface area (Å²) in [7, 11) is -3.75. The zero-order chi connectivity index (χ0) is 21.4. The highest BCUT2D eigenvalue weighted by Gasteiger charge is 2.45. The normalized spacial score (nSPS) is 27.8. The molecule has 3 saturated carbocycles. The predicted octanol–water partition coefficient (Wildman–Crippen LogP) is 4.05. The van der Waals surface area contributed by atoms with Crippen molar-refractivity contribution in [3.05, 3.63) is 23.8 Å². The van der Waals surface area contributed by atoms with Crippen LogP contribution in [-0.2, 0) is 14.8 Å². The number of anilines is 1. The average molecular weight is 432 g/mol. The maximum Gasteiger partial charge on any atom is 0.282 e. The van der Waals surface area contributed by atoms with Crippen molar-refractivity contribution in [1.82, 2.24) is 5.32 Å². The Bertz CT molecular complexity index is 927. The molecule has 7 heteroatoms. The van der Waals surface area contributed by atoms with Crippen molar-refractivity contribution in [3.8, 4) is 0 Å². The first kappa shape index (κ1) is 21.5. The van der Waals surface area contributed by atoms with Crippen molar-refractivity contribution in [2.45, 2.75) is 70.1 Å². The van der Waals surface area contributed by atoms with E-state index in [0.29, 0.717) is 11.4 Å². The summed E-state index contributed by atoms with van der Waals surface area (Å²) in [6, 6.07) is 4.90. The second-order valence-electron chi connectivity index (χ2n) is 9.43. The molecule has 6 nitrogen and oxygen atoms in total. The van der Waals surface area contributed by atoms with Crippen molar-refractivity contribution in [2.75, 3.05) is 18.4 Å². The van der Waals surface area contributed by atoms with E-state index in [1.807, 2.05) is 13.8 Å². The summed E-state index contributed by atoms with van der Waals surface area (Å²) in [4.78, 5) is 13.2. The molecule has 0 spiro atoms. The fraction of sp³-hybridized carbons (Fsp3) is 0.652. The number of hydrogen-bond donors (Lipinski definition) is 2. The lowest BCUT2D eigenvalue weighted by atomic mass is 9.60. The maximum absolute atomic E-state index is 13.0. The quantitative estimate of drug-likeness (QED) is 0.689. The fourth-order valence-corrected chi connectivity index (χ4v) is 6.54. The SMILES string of the molecule is CC(=NS(=O)(=O)c1ccc(NC(=O)C23CCC(CC2)CC3)c(C)c1)C1CCNCC1. The first-order chi connectivity index (χ1) is 14.3. The van der Waals surface area contributed by atoms with E-state index < -0.39 is 10.0 Å². The average Bonchev–Trinajstić information content (AvgIpc) is 2.76. The molecule has 1 heterocycles. The van der Waals surface area contributed by atoms with Gasteiger partial charge >= 0.3 is 0 Å². The summed E-state index contributed by atoms with van der Waals surface area (Å²) in [5, 5.41) is 6.38. The number of rotatable bonds is 5. The number of piperidine rings is 1. The van der Waals surface area contributed by atoms with Crippen LogP contribution in [0, 0.1) is 24.2 Å². The standard InChI is InChI=1S/C23H33N3O3S/c1-16-15-20(30(28,29)26-17(2)19-8-13-24-14-9-19)3-4-21(16)25-22(27)23-10-5-18(6-11-23)7-12-23/h3-4,15,18-19,24H,5-14H2,1-2H3,(H,25,27). The van der Waals surface area contributed by atoms with Gasteiger partial charge in [-0.15, -0.1) is 0 Å². The summed E-state index contributed by atoms with van der Waals surface area (Å²) in [6.07, 6.45) is 8.20. The molecular weight excluding hydrogens is 398 g/mol. The summed E-state index contributed by atoms with van der Waals surface area (Å²) < 4.78 is 29.8. The number of nitrogens with zero attached hydrogens (tertiary/aromatic N) is 1. The van der Waals surface area contributed by atoms with Crippen LogP contribution in [0.15, 0.2) is 27.5 Å². The Hall–Kier alpha value is -1.73. The van der Waals surface area contributed by atoms with Gasteiger partial charge in [0.2, 0.25) is 5.91 Å². The van der Waals surface area contributed by atoms with Gasteiger partial charge in [0.15, 0.2) is 0 Å². The molecule has 1 aliphatic heterocycles. The molecule has 0 radical (unpaired) electrons. The molecule has 1 saturated heterocycles. The smallest absolute Gasteiger partial charge is 0.282 e. The fourth-order valence-electron chi connectivity index (χ4n) is 5.34. The number of nitrogens with one attached hydrogen (secondary N) is 2. The van der Waals surface area contributed by atoms with Crippen molar-refractivity contribution in [1.29, 1.82) is 0 Å². The molecule has 3 aliphatic carbocycles. The van der Waals surface area contributed by atoms with Crippen LogP contribution in [0.2, 0.25) is 0 Å². The molecule has 5 rings (SSSR count). The van der Waals surface area contributed by atoms with E-state index in [4.69, 9.17) is 0 Å². The van der Waals surface area contributed by atoms with E-state index in [-0.39, 0.29) is 22.1 Å². The van der Waals surface area contributed by atoms with Gasteiger partial charge in [0.25, 0.3) is 10.0 Å². The van der Waals surface area contributed by atoms with Gasteiger partial charge in [-0.05, 0) is 108 Å². The van der Waals surface area contributed by atoms with Gasteiger partial charge in [-0.3, -0.25) is 4.79 Å². The second kappa shape index (κ2) is 8.42. The van der Waals surface area contributed by atoms with Crippen molar-refractivity contribution in [3.63, 3.8) is 0 Å². The minimum atomic E-state index is -3.75. The summed E-state index contributed by atoms with van der Waals surface area (Å²) in [5.41, 5.74) is 1.89. The monoisotopic (exact) mass is 431 g/mol. The predicted molar refractivity (Wildman–Crippen MR) is 119 cm³/mol. The Morgan fingerprint density at radius 2 is 1.73 bits per heavy atom. The Morgan fingerprint density at radius 1 is 1.10 bits per heavy atom. The lowest BCUT2D eigenvalue weighted by Gasteiger charge is -2.45. The summed E-state index contributed by atoms with van der Waals surface area (Å²) >= 11 is 0. The van der Waals surface area contributed by atoms with Crippen molar-refractivity contribution >= 4 is 27.3 Å². The molecular formula is C23H33N3O3S. The number of benzene rings is 1. The van der Waals surface area contributed by atoms with Gasteiger partial charge in [0, 0.05) is 22.7 Å². The number of aryl methyl sites for hydroxylation is 1. The zero-order valence-corrected chi connectivity index (χ0v) is 18.9. The minimum absolute atomic E-state index is 0.0964. The lowest BCUT2D eigenvalue weighted by Crippen LogP contribution is -2.43. The maximum atomic E-state index is 13.0. The molecule has 2 N–H and O–H groups in total. The van der Waals surface area contributed by atoms with E-state index in [0.717, 1.165) is 75.9 Å². The van der Waals surface area contributed by atoms with Crippen LogP contribution in [0.1, 0.15) is 63.9 Å². The highest BCUT2D eigenvalue weighted by molar-refractivity contribution is 7.90. The summed E-state index contributed by atoms with van der Waals surface area (Å²) in [6.45, 7) is 5.45. The third kappa shape index (κ3) is 4.33. The number of sulfonamides is 1. The molecule has 1 amide bonds. The van der Waals surface area contributed by atoms with Gasteiger partial charge < -0.3 is 10.6 Å². The van der Waals surface area contributed by atoms with E-state index in [9.17, 15) is 13.2 Å². The van der Waals surface area contributed by atoms with Crippen LogP contribution >= 0.6 is 0 Å². The van der Waals surface area contributed by atoms with Gasteiger partial charge in [-0.25, -0.2) is 0 Å². The Kier molecular flexibility index (Phi) is 6.04. The van der Waals surface area contributed by atoms with Crippen molar-refractivity contribution < 1.29 is 13.2 Å². The van der Waals surface area contributed by atoms with Gasteiger partial charge in [-0.1, -0.05) is 0 Å². The molecule has 164 valence electrons. The van der Waals surface area contributed by atoms with Gasteiger partial charge in [0.05, 0.1) is 4.90 Å². The number of hydrogen-bond acceptors (Lipinski definition) is 4. The van der Waals surface area contributed by atoms with Crippen LogP contribution in [0.25, 0.3) is 0 Å². The first-order valence-electron chi connectivity index (χ1n) is 11.2. The van der Waals surface area contributed by atoms with Crippen LogP contribution in [0.3, 0.4) is 0 Å². The number of amides is 1. The van der Waals surface area contributed by atoms with Crippen LogP contribution < -0.4 is 10.6 Å². The Balaban J connectivity index is 1.49. The van der Waals surface area contributed by atoms with Crippen LogP contribution in [0.5, 0.6) is 0 Å². The van der Waals surface area contributed by atoms with Gasteiger partial charge in [-0.2, -0.15) is 12.8 Å². The molecule has 4 fully saturated rings. The largest absolute Gasteiger partial charge is 0.325 e. The zero-order valence-electron chi connectivity index (χ0n) is 18.0. The summed E-state index contributed by atoms with van der Waals surface area (Å²) in [5.74, 6) is 1.12. The second-order valence-corrected chi connectivity index (χ2v) is 11.0. The van der Waals surface area contributed by atoms with E-state index in [1.54, 1.807) is 18.2 Å². The highest BCUT2D eigenvalue weighted by Crippen LogP contribution is 2.50. The van der Waals surface area contributed by atoms with E-state index in [1.165, 1.54) is 0 Å². The van der Waals surface area contributed by atoms with Crippen molar-refractivity contribution in [2.24, 2.45) is 21.6 Å². The van der Waals surface area contributed by atoms with Gasteiger partial charge in [0.1, 0.15) is 0 Å². The molecule has 1 aromatic carbocycles. The van der Waals surface area contributed by atoms with E-state index in [2.05, 4.69) is 15.0 Å². The first-order valence-corrected chi connectivity index (χ1v) is 12.7. The number of carbonyl (C=O) groups is 1. The highest BCUT2D eigenvalue weighted by atomic mass is 32.2. The third-order valence-corrected chi connectivity index (χ3v) is 8.89. The Morgan fingerprint density at radius 3 is 2.33 bits per heavy atom. The number of carbonyl (C=O) groups excluding carboxylic acids is 1. The third-order valence-electron chi connectivity index (χ3n) is 7.51. The molecule has 0 atom stereocenters. The molecule has 2 bridgehead atoms. The molecule has 0 aromatic heterocycles. The molecule has 0 unspecified atom stereocenters. The number of fused-ring (bicyclic) bond motifs is 3. The topological polar surface area (TPSA) is 87.6 Å². The Labute approximate surface area is 180 Å². The molecule has 1 aromatic rings. The van der Waals surface area contributed by atoms with E-state index >= 15 is 0 Å². The van der Waals surface area contributed by atoms with Crippen LogP contribution in [-0.4, -0.2) is 33.1 Å². The molecule has 30 heavy (non-hydrogen) atoms. The molecule has 4 aliphatic rings.